The second kappa shape index (κ2) is 7.09. The molecule has 152 valence electrons. The van der Waals surface area contributed by atoms with Crippen LogP contribution in [0.1, 0.15) is 82.2 Å². The lowest BCUT2D eigenvalue weighted by Crippen LogP contribution is -2.34. The number of aliphatic imine (C=N–C) groups is 1. The highest BCUT2D eigenvalue weighted by molar-refractivity contribution is 8.29. The van der Waals surface area contributed by atoms with Crippen molar-refractivity contribution in [3.8, 4) is 0 Å². The van der Waals surface area contributed by atoms with E-state index in [2.05, 4.69) is 99.8 Å². The van der Waals surface area contributed by atoms with E-state index in [-0.39, 0.29) is 26.7 Å². The van der Waals surface area contributed by atoms with Crippen LogP contribution in [0, 0.1) is 0 Å². The average molecular weight is 404 g/mol. The summed E-state index contributed by atoms with van der Waals surface area (Å²) in [6.07, 6.45) is 4.40. The van der Waals surface area contributed by atoms with Crippen molar-refractivity contribution in [2.45, 2.75) is 70.6 Å². The van der Waals surface area contributed by atoms with E-state index in [1.165, 1.54) is 40.7 Å². The normalized spacial score (nSPS) is 22.1. The summed E-state index contributed by atoms with van der Waals surface area (Å²) in [7, 11) is 0.0428. The molecule has 1 aliphatic carbocycles. The molecule has 0 N–H and O–H groups in total. The Balaban J connectivity index is 1.70. The Hall–Kier alpha value is -1.93. The number of nitrogens with zero attached hydrogens (tertiary/aromatic N) is 1. The summed E-state index contributed by atoms with van der Waals surface area (Å²) in [5.74, 6) is 0. The molecule has 2 aliphatic rings. The third-order valence-electron chi connectivity index (χ3n) is 6.97. The maximum atomic E-state index is 4.19. The van der Waals surface area contributed by atoms with Crippen LogP contribution in [0.25, 0.3) is 0 Å². The molecule has 0 fully saturated rings. The van der Waals surface area contributed by atoms with Gasteiger partial charge in [0.2, 0.25) is 0 Å². The molecule has 0 aromatic heterocycles. The smallest absolute Gasteiger partial charge is 0.0582 e. The van der Waals surface area contributed by atoms with Gasteiger partial charge >= 0.3 is 0 Å². The van der Waals surface area contributed by atoms with Gasteiger partial charge in [-0.1, -0.05) is 84.0 Å². The van der Waals surface area contributed by atoms with Crippen LogP contribution in [-0.2, 0) is 16.2 Å². The minimum Gasteiger partial charge on any atom is -0.258 e. The Bertz CT molecular complexity index is 1000. The zero-order valence-electron chi connectivity index (χ0n) is 18.6. The van der Waals surface area contributed by atoms with E-state index < -0.39 is 0 Å². The first-order valence-corrected chi connectivity index (χ1v) is 12.0. The zero-order valence-corrected chi connectivity index (χ0v) is 19.4. The maximum absolute atomic E-state index is 4.19. The predicted molar refractivity (Wildman–Crippen MR) is 131 cm³/mol. The molecule has 0 bridgehead atoms. The van der Waals surface area contributed by atoms with E-state index in [9.17, 15) is 0 Å². The van der Waals surface area contributed by atoms with Gasteiger partial charge in [0, 0.05) is 11.6 Å². The molecule has 2 heteroatoms. The van der Waals surface area contributed by atoms with E-state index in [0.29, 0.717) is 0 Å². The van der Waals surface area contributed by atoms with Crippen LogP contribution < -0.4 is 0 Å². The van der Waals surface area contributed by atoms with E-state index in [1.54, 1.807) is 0 Å². The number of benzene rings is 2. The van der Waals surface area contributed by atoms with Gasteiger partial charge in [0.05, 0.1) is 5.55 Å². The first-order chi connectivity index (χ1) is 13.6. The summed E-state index contributed by atoms with van der Waals surface area (Å²) >= 11 is 0. The van der Waals surface area contributed by atoms with Crippen LogP contribution in [-0.4, -0.2) is 10.9 Å². The lowest BCUT2D eigenvalue weighted by molar-refractivity contribution is 0.331. The number of rotatable bonds is 3. The highest BCUT2D eigenvalue weighted by Crippen LogP contribution is 2.47. The third kappa shape index (κ3) is 3.80. The van der Waals surface area contributed by atoms with Crippen LogP contribution in [0.2, 0.25) is 0 Å². The third-order valence-corrected chi connectivity index (χ3v) is 8.31. The van der Waals surface area contributed by atoms with Gasteiger partial charge in [-0.15, -0.1) is 10.5 Å². The van der Waals surface area contributed by atoms with E-state index in [1.807, 2.05) is 11.7 Å². The topological polar surface area (TPSA) is 12.4 Å². The first kappa shape index (κ1) is 20.3. The Morgan fingerprint density at radius 3 is 2.10 bits per heavy atom. The number of hydrogen-bond donors (Lipinski definition) is 0. The van der Waals surface area contributed by atoms with Crippen molar-refractivity contribution in [1.82, 2.24) is 0 Å². The van der Waals surface area contributed by atoms with Gasteiger partial charge in [-0.05, 0) is 62.3 Å². The standard InChI is InChI=1S/C27H33NS/c1-25(2)13-14-26(3,4)24-17-22(11-12-23(24)25)27(5,6)21-9-7-20(8-10-21)18-29-16-15-28-19-29/h7-12,15-19H,13-14H2,1-6H3. The summed E-state index contributed by atoms with van der Waals surface area (Å²) in [5, 5.41) is 4.43. The predicted octanol–water partition coefficient (Wildman–Crippen LogP) is 7.29. The van der Waals surface area contributed by atoms with E-state index in [4.69, 9.17) is 0 Å². The summed E-state index contributed by atoms with van der Waals surface area (Å²) in [6.45, 7) is 14.3. The molecule has 1 atom stereocenters. The quantitative estimate of drug-likeness (QED) is 0.477. The van der Waals surface area contributed by atoms with Crippen molar-refractivity contribution < 1.29 is 0 Å². The van der Waals surface area contributed by atoms with Gasteiger partial charge in [-0.25, -0.2) is 0 Å². The van der Waals surface area contributed by atoms with Crippen molar-refractivity contribution in [1.29, 1.82) is 0 Å². The summed E-state index contributed by atoms with van der Waals surface area (Å²) in [4.78, 5) is 4.19. The molecule has 1 aliphatic heterocycles. The molecule has 29 heavy (non-hydrogen) atoms. The Morgan fingerprint density at radius 2 is 1.48 bits per heavy atom. The average Bonchev–Trinajstić information content (AvgIpc) is 3.19. The molecule has 0 saturated heterocycles. The monoisotopic (exact) mass is 403 g/mol. The lowest BCUT2D eigenvalue weighted by atomic mass is 9.62. The minimum absolute atomic E-state index is 0.0256. The van der Waals surface area contributed by atoms with Gasteiger partial charge in [0.1, 0.15) is 0 Å². The van der Waals surface area contributed by atoms with Crippen LogP contribution in [0.3, 0.4) is 0 Å². The van der Waals surface area contributed by atoms with Crippen LogP contribution in [0.15, 0.2) is 59.1 Å². The van der Waals surface area contributed by atoms with Gasteiger partial charge in [-0.2, -0.15) is 0 Å². The van der Waals surface area contributed by atoms with Crippen LogP contribution >= 0.6 is 10.5 Å². The zero-order chi connectivity index (χ0) is 20.9. The fraction of sp³-hybridized carbons (Fsp3) is 0.407. The van der Waals surface area contributed by atoms with E-state index >= 15 is 0 Å². The summed E-state index contributed by atoms with van der Waals surface area (Å²) < 4.78 is 0. The Labute approximate surface area is 178 Å². The number of fused-ring (bicyclic) bond motifs is 1. The van der Waals surface area contributed by atoms with E-state index in [0.717, 1.165) is 0 Å². The SMILES string of the molecule is CC1(C)CCC(C)(C)c2cc(C(C)(C)c3ccc(C=S4C=CN=C4)cc3)ccc21. The van der Waals surface area contributed by atoms with Crippen molar-refractivity contribution in [2.24, 2.45) is 4.99 Å². The molecule has 0 spiro atoms. The van der Waals surface area contributed by atoms with Crippen LogP contribution in [0.4, 0.5) is 0 Å². The maximum Gasteiger partial charge on any atom is 0.0582 e. The van der Waals surface area contributed by atoms with Crippen molar-refractivity contribution in [3.05, 3.63) is 81.9 Å². The fourth-order valence-electron chi connectivity index (χ4n) is 4.60. The molecule has 0 radical (unpaired) electrons. The van der Waals surface area contributed by atoms with Crippen molar-refractivity contribution in [3.63, 3.8) is 0 Å². The summed E-state index contributed by atoms with van der Waals surface area (Å²) in [6, 6.07) is 16.3. The minimum atomic E-state index is -0.0256. The fourth-order valence-corrected chi connectivity index (χ4v) is 5.70. The van der Waals surface area contributed by atoms with Crippen molar-refractivity contribution >= 4 is 21.4 Å². The van der Waals surface area contributed by atoms with Crippen LogP contribution in [0.5, 0.6) is 0 Å². The largest absolute Gasteiger partial charge is 0.258 e. The molecule has 1 heterocycles. The second-order valence-electron chi connectivity index (χ2n) is 10.3. The van der Waals surface area contributed by atoms with Gasteiger partial charge in [0.15, 0.2) is 0 Å². The van der Waals surface area contributed by atoms with Gasteiger partial charge in [-0.3, -0.25) is 4.99 Å². The molecule has 2 aromatic rings. The molecule has 2 aromatic carbocycles. The Morgan fingerprint density at radius 1 is 0.862 bits per heavy atom. The molecule has 1 nitrogen and oxygen atoms in total. The van der Waals surface area contributed by atoms with Gasteiger partial charge in [0.25, 0.3) is 0 Å². The highest BCUT2D eigenvalue weighted by Gasteiger charge is 2.38. The lowest BCUT2D eigenvalue weighted by Gasteiger charge is -2.43. The molecule has 0 saturated carbocycles. The first-order valence-electron chi connectivity index (χ1n) is 10.6. The molecular weight excluding hydrogens is 370 g/mol. The molecular formula is C27H33NS. The van der Waals surface area contributed by atoms with Crippen molar-refractivity contribution in [2.75, 3.05) is 0 Å². The molecule has 4 rings (SSSR count). The second-order valence-corrected chi connectivity index (χ2v) is 11.9. The van der Waals surface area contributed by atoms with Gasteiger partial charge < -0.3 is 0 Å². The molecule has 1 unspecified atom stereocenters. The number of hydrogen-bond acceptors (Lipinski definition) is 1. The molecule has 0 amide bonds. The highest BCUT2D eigenvalue weighted by atomic mass is 32.2. The summed E-state index contributed by atoms with van der Waals surface area (Å²) in [5.41, 5.74) is 9.60. The Kier molecular flexibility index (Phi) is 4.98.